The van der Waals surface area contributed by atoms with Crippen molar-refractivity contribution in [3.05, 3.63) is 34.9 Å². The van der Waals surface area contributed by atoms with E-state index in [1.807, 2.05) is 6.07 Å². The highest BCUT2D eigenvalue weighted by Gasteiger charge is 2.20. The molecule has 0 amide bonds. The number of aryl methyl sites for hydroxylation is 1. The second kappa shape index (κ2) is 4.85. The number of rotatable bonds is 2. The van der Waals surface area contributed by atoms with E-state index in [1.165, 1.54) is 37.1 Å². The zero-order valence-corrected chi connectivity index (χ0v) is 11.1. The summed E-state index contributed by atoms with van der Waals surface area (Å²) in [6.45, 7) is 5.83. The van der Waals surface area contributed by atoms with E-state index >= 15 is 0 Å². The molecule has 2 aliphatic rings. The molecule has 0 aromatic heterocycles. The average molecular weight is 243 g/mol. The molecule has 1 fully saturated rings. The smallest absolute Gasteiger partial charge is 0.163 e. The van der Waals surface area contributed by atoms with Gasteiger partial charge >= 0.3 is 0 Å². The lowest BCUT2D eigenvalue weighted by atomic mass is 9.98. The van der Waals surface area contributed by atoms with Crippen LogP contribution in [0.2, 0.25) is 0 Å². The second-order valence-corrected chi connectivity index (χ2v) is 5.87. The van der Waals surface area contributed by atoms with Gasteiger partial charge in [0, 0.05) is 18.5 Å². The van der Waals surface area contributed by atoms with Crippen LogP contribution in [0.1, 0.15) is 47.7 Å². The third kappa shape index (κ3) is 2.35. The molecule has 1 aromatic rings. The van der Waals surface area contributed by atoms with Crippen molar-refractivity contribution in [2.24, 2.45) is 5.92 Å². The molecule has 3 rings (SSSR count). The van der Waals surface area contributed by atoms with Gasteiger partial charge in [0.25, 0.3) is 0 Å². The molecular weight excluding hydrogens is 222 g/mol. The highest BCUT2D eigenvalue weighted by Crippen LogP contribution is 2.24. The molecule has 1 aromatic carbocycles. The zero-order chi connectivity index (χ0) is 12.5. The molecule has 1 saturated heterocycles. The Morgan fingerprint density at radius 2 is 2.00 bits per heavy atom. The van der Waals surface area contributed by atoms with Crippen molar-refractivity contribution < 1.29 is 4.79 Å². The number of ketones is 1. The highest BCUT2D eigenvalue weighted by atomic mass is 16.1. The van der Waals surface area contributed by atoms with E-state index in [0.29, 0.717) is 12.2 Å². The Bertz CT molecular complexity index is 458. The monoisotopic (exact) mass is 243 g/mol. The van der Waals surface area contributed by atoms with E-state index in [2.05, 4.69) is 24.0 Å². The number of piperidine rings is 1. The first kappa shape index (κ1) is 11.9. The summed E-state index contributed by atoms with van der Waals surface area (Å²) in [4.78, 5) is 14.1. The molecule has 18 heavy (non-hydrogen) atoms. The lowest BCUT2D eigenvalue weighted by Gasteiger charge is -2.30. The van der Waals surface area contributed by atoms with Crippen LogP contribution in [0.4, 0.5) is 0 Å². The fourth-order valence-electron chi connectivity index (χ4n) is 3.09. The van der Waals surface area contributed by atoms with Crippen molar-refractivity contribution in [2.75, 3.05) is 13.1 Å². The summed E-state index contributed by atoms with van der Waals surface area (Å²) in [7, 11) is 0. The third-order valence-corrected chi connectivity index (χ3v) is 4.37. The normalized spacial score (nSPS) is 21.3. The van der Waals surface area contributed by atoms with Crippen LogP contribution in [0, 0.1) is 5.92 Å². The standard InChI is InChI=1S/C16H21NO/c1-12-6-8-17(9-7-12)11-13-2-4-15-14(10-13)3-5-16(15)18/h2,4,10,12H,3,5-9,11H2,1H3. The van der Waals surface area contributed by atoms with Crippen molar-refractivity contribution in [1.82, 2.24) is 4.90 Å². The van der Waals surface area contributed by atoms with Crippen LogP contribution in [-0.4, -0.2) is 23.8 Å². The summed E-state index contributed by atoms with van der Waals surface area (Å²) in [6.07, 6.45) is 4.30. The predicted molar refractivity (Wildman–Crippen MR) is 72.8 cm³/mol. The predicted octanol–water partition coefficient (Wildman–Crippen LogP) is 3.05. The Morgan fingerprint density at radius 3 is 2.78 bits per heavy atom. The van der Waals surface area contributed by atoms with Crippen LogP contribution in [0.15, 0.2) is 18.2 Å². The van der Waals surface area contributed by atoms with Gasteiger partial charge in [-0.15, -0.1) is 0 Å². The molecule has 96 valence electrons. The maximum atomic E-state index is 11.6. The molecule has 0 atom stereocenters. The van der Waals surface area contributed by atoms with E-state index in [0.717, 1.165) is 24.4 Å². The Kier molecular flexibility index (Phi) is 3.21. The first-order chi connectivity index (χ1) is 8.72. The number of carbonyl (C=O) groups is 1. The largest absolute Gasteiger partial charge is 0.299 e. The average Bonchev–Trinajstić information content (AvgIpc) is 2.74. The van der Waals surface area contributed by atoms with Crippen molar-refractivity contribution in [2.45, 2.75) is 39.2 Å². The minimum Gasteiger partial charge on any atom is -0.299 e. The first-order valence-electron chi connectivity index (χ1n) is 7.10. The minimum absolute atomic E-state index is 0.323. The molecular formula is C16H21NO. The number of carbonyl (C=O) groups excluding carboxylic acids is 1. The van der Waals surface area contributed by atoms with Crippen LogP contribution < -0.4 is 0 Å². The fourth-order valence-corrected chi connectivity index (χ4v) is 3.09. The summed E-state index contributed by atoms with van der Waals surface area (Å²) in [5, 5.41) is 0. The molecule has 0 saturated carbocycles. The van der Waals surface area contributed by atoms with Gasteiger partial charge in [0.15, 0.2) is 5.78 Å². The summed E-state index contributed by atoms with van der Waals surface area (Å²) in [6, 6.07) is 6.42. The molecule has 1 aliphatic heterocycles. The number of likely N-dealkylation sites (tertiary alicyclic amines) is 1. The Labute approximate surface area is 109 Å². The van der Waals surface area contributed by atoms with E-state index in [1.54, 1.807) is 0 Å². The quantitative estimate of drug-likeness (QED) is 0.795. The van der Waals surface area contributed by atoms with E-state index in [-0.39, 0.29) is 0 Å². The van der Waals surface area contributed by atoms with Crippen LogP contribution in [0.25, 0.3) is 0 Å². The topological polar surface area (TPSA) is 20.3 Å². The molecule has 0 bridgehead atoms. The summed E-state index contributed by atoms with van der Waals surface area (Å²) in [5.74, 6) is 1.21. The molecule has 0 N–H and O–H groups in total. The molecule has 0 unspecified atom stereocenters. The van der Waals surface area contributed by atoms with Crippen molar-refractivity contribution >= 4 is 5.78 Å². The molecule has 1 aliphatic carbocycles. The van der Waals surface area contributed by atoms with Crippen molar-refractivity contribution in [3.8, 4) is 0 Å². The maximum Gasteiger partial charge on any atom is 0.163 e. The second-order valence-electron chi connectivity index (χ2n) is 5.87. The van der Waals surface area contributed by atoms with Gasteiger partial charge in [0.05, 0.1) is 0 Å². The highest BCUT2D eigenvalue weighted by molar-refractivity contribution is 6.00. The van der Waals surface area contributed by atoms with Crippen molar-refractivity contribution in [1.29, 1.82) is 0 Å². The third-order valence-electron chi connectivity index (χ3n) is 4.37. The summed E-state index contributed by atoms with van der Waals surface area (Å²) >= 11 is 0. The van der Waals surface area contributed by atoms with Gasteiger partial charge in [-0.25, -0.2) is 0 Å². The zero-order valence-electron chi connectivity index (χ0n) is 11.1. The fraction of sp³-hybridized carbons (Fsp3) is 0.562. The van der Waals surface area contributed by atoms with Gasteiger partial charge in [0.2, 0.25) is 0 Å². The Balaban J connectivity index is 1.69. The Hall–Kier alpha value is -1.15. The number of hydrogen-bond acceptors (Lipinski definition) is 2. The van der Waals surface area contributed by atoms with Crippen LogP contribution in [0.3, 0.4) is 0 Å². The molecule has 2 nitrogen and oxygen atoms in total. The molecule has 0 spiro atoms. The summed E-state index contributed by atoms with van der Waals surface area (Å²) in [5.41, 5.74) is 3.60. The SMILES string of the molecule is CC1CCN(Cc2ccc3c(c2)CCC3=O)CC1. The number of hydrogen-bond donors (Lipinski definition) is 0. The number of benzene rings is 1. The van der Waals surface area contributed by atoms with Gasteiger partial charge in [-0.3, -0.25) is 9.69 Å². The van der Waals surface area contributed by atoms with E-state index < -0.39 is 0 Å². The number of fused-ring (bicyclic) bond motifs is 1. The van der Waals surface area contributed by atoms with E-state index in [9.17, 15) is 4.79 Å². The minimum atomic E-state index is 0.323. The molecule has 1 heterocycles. The Morgan fingerprint density at radius 1 is 1.22 bits per heavy atom. The molecule has 2 heteroatoms. The van der Waals surface area contributed by atoms with Gasteiger partial charge in [-0.05, 0) is 49.4 Å². The van der Waals surface area contributed by atoms with Crippen molar-refractivity contribution in [3.63, 3.8) is 0 Å². The summed E-state index contributed by atoms with van der Waals surface area (Å²) < 4.78 is 0. The van der Waals surface area contributed by atoms with Gasteiger partial charge < -0.3 is 0 Å². The maximum absolute atomic E-state index is 11.6. The van der Waals surface area contributed by atoms with Crippen LogP contribution >= 0.6 is 0 Å². The van der Waals surface area contributed by atoms with Gasteiger partial charge in [0.1, 0.15) is 0 Å². The number of Topliss-reactive ketones (excluding diaryl/α,β-unsaturated/α-hetero) is 1. The van der Waals surface area contributed by atoms with Crippen LogP contribution in [0.5, 0.6) is 0 Å². The molecule has 0 radical (unpaired) electrons. The van der Waals surface area contributed by atoms with Gasteiger partial charge in [-0.2, -0.15) is 0 Å². The van der Waals surface area contributed by atoms with E-state index in [4.69, 9.17) is 0 Å². The lowest BCUT2D eigenvalue weighted by molar-refractivity contribution is 0.0994. The number of nitrogens with zero attached hydrogens (tertiary/aromatic N) is 1. The lowest BCUT2D eigenvalue weighted by Crippen LogP contribution is -2.32. The van der Waals surface area contributed by atoms with Crippen LogP contribution in [-0.2, 0) is 13.0 Å². The first-order valence-corrected chi connectivity index (χ1v) is 7.10. The van der Waals surface area contributed by atoms with Gasteiger partial charge in [-0.1, -0.05) is 25.1 Å².